The van der Waals surface area contributed by atoms with E-state index in [1.165, 1.54) is 15.6 Å². The van der Waals surface area contributed by atoms with Crippen molar-refractivity contribution in [2.24, 2.45) is 5.92 Å². The molecular weight excluding hydrogens is 406 g/mol. The Hall–Kier alpha value is -0.670. The predicted molar refractivity (Wildman–Crippen MR) is 111 cm³/mol. The first-order chi connectivity index (χ1) is 12.4. The van der Waals surface area contributed by atoms with Gasteiger partial charge in [-0.3, -0.25) is 4.79 Å². The molecule has 9 heteroatoms. The minimum atomic E-state index is -3.58. The lowest BCUT2D eigenvalue weighted by molar-refractivity contribution is -0.136. The molecule has 0 aromatic carbocycles. The van der Waals surface area contributed by atoms with Gasteiger partial charge >= 0.3 is 0 Å². The Balaban J connectivity index is 0.00000261. The second kappa shape index (κ2) is 9.69. The number of thiophene rings is 1. The van der Waals surface area contributed by atoms with Gasteiger partial charge in [-0.1, -0.05) is 6.92 Å². The van der Waals surface area contributed by atoms with E-state index in [9.17, 15) is 13.2 Å². The average Bonchev–Trinajstić information content (AvgIpc) is 3.29. The number of carbonyl (C=O) groups excluding carboxylic acids is 1. The molecule has 1 unspecified atom stereocenters. The first kappa shape index (κ1) is 22.6. The fourth-order valence-corrected chi connectivity index (χ4v) is 6.92. The van der Waals surface area contributed by atoms with E-state index in [1.54, 1.807) is 6.07 Å². The SMILES string of the molecule is CCNCC1CCN(C(=O)C2CCCN2S(=O)(=O)c2ccc(C)s2)CC1.Cl. The minimum absolute atomic E-state index is 0. The molecule has 0 bridgehead atoms. The fraction of sp³-hybridized carbons (Fsp3) is 0.722. The predicted octanol–water partition coefficient (Wildman–Crippen LogP) is 2.48. The highest BCUT2D eigenvalue weighted by molar-refractivity contribution is 7.91. The van der Waals surface area contributed by atoms with Crippen molar-refractivity contribution in [1.29, 1.82) is 0 Å². The number of amides is 1. The topological polar surface area (TPSA) is 69.7 Å². The maximum Gasteiger partial charge on any atom is 0.253 e. The van der Waals surface area contributed by atoms with Gasteiger partial charge in [0.1, 0.15) is 10.3 Å². The maximum absolute atomic E-state index is 13.0. The summed E-state index contributed by atoms with van der Waals surface area (Å²) in [5.74, 6) is 0.595. The first-order valence-electron chi connectivity index (χ1n) is 9.51. The quantitative estimate of drug-likeness (QED) is 0.745. The van der Waals surface area contributed by atoms with Crippen LogP contribution in [-0.2, 0) is 14.8 Å². The van der Waals surface area contributed by atoms with Crippen LogP contribution in [0.4, 0.5) is 0 Å². The van der Waals surface area contributed by atoms with Crippen LogP contribution in [0.15, 0.2) is 16.3 Å². The minimum Gasteiger partial charge on any atom is -0.341 e. The number of hydrogen-bond acceptors (Lipinski definition) is 5. The number of likely N-dealkylation sites (tertiary alicyclic amines) is 1. The molecule has 0 spiro atoms. The van der Waals surface area contributed by atoms with E-state index >= 15 is 0 Å². The molecule has 3 rings (SSSR count). The van der Waals surface area contributed by atoms with Crippen molar-refractivity contribution in [2.45, 2.75) is 49.8 Å². The van der Waals surface area contributed by atoms with Gasteiger partial charge in [0.2, 0.25) is 5.91 Å². The zero-order valence-corrected chi connectivity index (χ0v) is 18.5. The highest BCUT2D eigenvalue weighted by Crippen LogP contribution is 2.31. The third-order valence-corrected chi connectivity index (χ3v) is 8.75. The fourth-order valence-electron chi connectivity index (χ4n) is 3.86. The normalized spacial score (nSPS) is 22.0. The molecule has 2 saturated heterocycles. The summed E-state index contributed by atoms with van der Waals surface area (Å²) >= 11 is 1.28. The number of halogens is 1. The Bertz CT molecular complexity index is 730. The van der Waals surface area contributed by atoms with Crippen LogP contribution in [0.25, 0.3) is 0 Å². The van der Waals surface area contributed by atoms with Gasteiger partial charge in [-0.05, 0) is 63.7 Å². The molecule has 154 valence electrons. The van der Waals surface area contributed by atoms with E-state index in [1.807, 2.05) is 17.9 Å². The molecule has 6 nitrogen and oxygen atoms in total. The Kier molecular flexibility index (Phi) is 8.12. The molecule has 1 aromatic heterocycles. The molecule has 0 radical (unpaired) electrons. The molecule has 1 amide bonds. The third kappa shape index (κ3) is 5.03. The highest BCUT2D eigenvalue weighted by Gasteiger charge is 2.42. The first-order valence-corrected chi connectivity index (χ1v) is 11.8. The van der Waals surface area contributed by atoms with Gasteiger partial charge in [-0.15, -0.1) is 23.7 Å². The number of nitrogens with one attached hydrogen (secondary N) is 1. The molecule has 0 aliphatic carbocycles. The summed E-state index contributed by atoms with van der Waals surface area (Å²) in [6.07, 6.45) is 3.35. The van der Waals surface area contributed by atoms with E-state index in [4.69, 9.17) is 0 Å². The van der Waals surface area contributed by atoms with Crippen LogP contribution in [0.2, 0.25) is 0 Å². The molecule has 1 atom stereocenters. The van der Waals surface area contributed by atoms with Gasteiger partial charge in [0.05, 0.1) is 0 Å². The summed E-state index contributed by atoms with van der Waals surface area (Å²) in [6, 6.07) is 2.94. The Morgan fingerprint density at radius 3 is 2.52 bits per heavy atom. The number of piperidine rings is 1. The number of carbonyl (C=O) groups is 1. The van der Waals surface area contributed by atoms with Crippen molar-refractivity contribution < 1.29 is 13.2 Å². The number of nitrogens with zero attached hydrogens (tertiary/aromatic N) is 2. The average molecular weight is 436 g/mol. The maximum atomic E-state index is 13.0. The van der Waals surface area contributed by atoms with E-state index in [-0.39, 0.29) is 18.3 Å². The Labute approximate surface area is 172 Å². The van der Waals surface area contributed by atoms with Crippen molar-refractivity contribution in [3.8, 4) is 0 Å². The van der Waals surface area contributed by atoms with Crippen molar-refractivity contribution in [2.75, 3.05) is 32.7 Å². The lowest BCUT2D eigenvalue weighted by atomic mass is 9.96. The number of sulfonamides is 1. The summed E-state index contributed by atoms with van der Waals surface area (Å²) in [7, 11) is -3.58. The molecule has 2 fully saturated rings. The molecule has 3 heterocycles. The van der Waals surface area contributed by atoms with E-state index < -0.39 is 16.1 Å². The molecule has 1 aromatic rings. The number of hydrogen-bond donors (Lipinski definition) is 1. The zero-order chi connectivity index (χ0) is 18.7. The Morgan fingerprint density at radius 2 is 1.93 bits per heavy atom. The van der Waals surface area contributed by atoms with Gasteiger partial charge in [-0.2, -0.15) is 4.31 Å². The van der Waals surface area contributed by atoms with Gasteiger partial charge in [0, 0.05) is 24.5 Å². The largest absolute Gasteiger partial charge is 0.341 e. The third-order valence-electron chi connectivity index (χ3n) is 5.38. The highest BCUT2D eigenvalue weighted by atomic mass is 35.5. The summed E-state index contributed by atoms with van der Waals surface area (Å²) in [4.78, 5) is 15.9. The molecule has 2 aliphatic rings. The zero-order valence-electron chi connectivity index (χ0n) is 16.0. The summed E-state index contributed by atoms with van der Waals surface area (Å²) in [6.45, 7) is 7.87. The van der Waals surface area contributed by atoms with E-state index in [2.05, 4.69) is 12.2 Å². The van der Waals surface area contributed by atoms with Gasteiger partial charge in [0.15, 0.2) is 0 Å². The molecule has 0 saturated carbocycles. The van der Waals surface area contributed by atoms with Crippen LogP contribution in [-0.4, -0.2) is 62.3 Å². The molecule has 1 N–H and O–H groups in total. The summed E-state index contributed by atoms with van der Waals surface area (Å²) in [5.41, 5.74) is 0. The van der Waals surface area contributed by atoms with Crippen LogP contribution in [0.3, 0.4) is 0 Å². The van der Waals surface area contributed by atoms with Crippen LogP contribution in [0, 0.1) is 12.8 Å². The van der Waals surface area contributed by atoms with E-state index in [0.717, 1.165) is 50.3 Å². The van der Waals surface area contributed by atoms with Crippen LogP contribution >= 0.6 is 23.7 Å². The number of rotatable bonds is 6. The van der Waals surface area contributed by atoms with Gasteiger partial charge in [0.25, 0.3) is 10.0 Å². The van der Waals surface area contributed by atoms with Crippen molar-refractivity contribution in [1.82, 2.24) is 14.5 Å². The van der Waals surface area contributed by atoms with Crippen LogP contribution < -0.4 is 5.32 Å². The van der Waals surface area contributed by atoms with Crippen LogP contribution in [0.5, 0.6) is 0 Å². The van der Waals surface area contributed by atoms with Crippen molar-refractivity contribution in [3.63, 3.8) is 0 Å². The molecule has 27 heavy (non-hydrogen) atoms. The second-order valence-corrected chi connectivity index (χ2v) is 10.6. The lowest BCUT2D eigenvalue weighted by Crippen LogP contribution is -2.50. The number of aryl methyl sites for hydroxylation is 1. The Morgan fingerprint density at radius 1 is 1.22 bits per heavy atom. The van der Waals surface area contributed by atoms with Crippen molar-refractivity contribution in [3.05, 3.63) is 17.0 Å². The summed E-state index contributed by atoms with van der Waals surface area (Å²) < 4.78 is 27.7. The van der Waals surface area contributed by atoms with Crippen LogP contribution in [0.1, 0.15) is 37.5 Å². The van der Waals surface area contributed by atoms with Gasteiger partial charge in [-0.25, -0.2) is 8.42 Å². The van der Waals surface area contributed by atoms with Crippen molar-refractivity contribution >= 4 is 39.7 Å². The van der Waals surface area contributed by atoms with Gasteiger partial charge < -0.3 is 10.2 Å². The standard InChI is InChI=1S/C18H29N3O3S2.ClH/c1-3-19-13-15-8-11-20(12-9-15)18(22)16-5-4-10-21(16)26(23,24)17-7-6-14(2)25-17;/h6-7,15-16,19H,3-5,8-13H2,1-2H3;1H. The molecule has 2 aliphatic heterocycles. The smallest absolute Gasteiger partial charge is 0.253 e. The monoisotopic (exact) mass is 435 g/mol. The lowest BCUT2D eigenvalue weighted by Gasteiger charge is -2.35. The molecular formula is C18H30ClN3O3S2. The van der Waals surface area contributed by atoms with E-state index in [0.29, 0.717) is 23.1 Å². The summed E-state index contributed by atoms with van der Waals surface area (Å²) in [5, 5.41) is 3.37. The second-order valence-electron chi connectivity index (χ2n) is 7.22.